The van der Waals surface area contributed by atoms with Crippen LogP contribution in [-0.2, 0) is 23.7 Å². The second kappa shape index (κ2) is 14.2. The van der Waals surface area contributed by atoms with Crippen LogP contribution in [0.25, 0.3) is 11.1 Å². The van der Waals surface area contributed by atoms with Crippen LogP contribution in [0.1, 0.15) is 109 Å². The van der Waals surface area contributed by atoms with Crippen LogP contribution >= 0.6 is 0 Å². The first-order valence-corrected chi connectivity index (χ1v) is 22.2. The van der Waals surface area contributed by atoms with E-state index in [4.69, 9.17) is 0 Å². The van der Waals surface area contributed by atoms with Crippen LogP contribution in [0.15, 0.2) is 158 Å². The van der Waals surface area contributed by atoms with Crippen molar-refractivity contribution < 1.29 is 0 Å². The van der Waals surface area contributed by atoms with E-state index in [1.54, 1.807) is 0 Å². The summed E-state index contributed by atoms with van der Waals surface area (Å²) in [7, 11) is 0. The molecule has 2 nitrogen and oxygen atoms in total. The number of nitrogens with zero attached hydrogens (tertiary/aromatic N) is 2. The highest BCUT2D eigenvalue weighted by atomic mass is 15.2. The number of para-hydroxylation sites is 2. The summed E-state index contributed by atoms with van der Waals surface area (Å²) in [5, 5.41) is 0. The Morgan fingerprint density at radius 3 is 1.64 bits per heavy atom. The maximum Gasteiger partial charge on any atom is 0.0505 e. The van der Waals surface area contributed by atoms with Gasteiger partial charge in [-0.3, -0.25) is 0 Å². The normalized spacial score (nSPS) is 18.6. The quantitative estimate of drug-likeness (QED) is 0.159. The van der Waals surface area contributed by atoms with Gasteiger partial charge in [0.2, 0.25) is 0 Å². The Morgan fingerprint density at radius 2 is 1.03 bits per heavy atom. The van der Waals surface area contributed by atoms with Gasteiger partial charge in [-0.25, -0.2) is 0 Å². The molecule has 0 radical (unpaired) electrons. The summed E-state index contributed by atoms with van der Waals surface area (Å²) >= 11 is 0. The van der Waals surface area contributed by atoms with E-state index < -0.39 is 0 Å². The summed E-state index contributed by atoms with van der Waals surface area (Å²) in [6.45, 7) is 7.08. The van der Waals surface area contributed by atoms with Crippen molar-refractivity contribution in [1.82, 2.24) is 0 Å². The zero-order chi connectivity index (χ0) is 39.7. The van der Waals surface area contributed by atoms with Gasteiger partial charge in [-0.2, -0.15) is 0 Å². The third-order valence-electron chi connectivity index (χ3n) is 14.7. The highest BCUT2D eigenvalue weighted by Crippen LogP contribution is 2.60. The Kier molecular flexibility index (Phi) is 8.70. The van der Waals surface area contributed by atoms with E-state index in [1.807, 2.05) is 0 Å². The van der Waals surface area contributed by atoms with Crippen LogP contribution in [0.5, 0.6) is 0 Å². The molecule has 7 aromatic rings. The van der Waals surface area contributed by atoms with Gasteiger partial charge in [0.25, 0.3) is 0 Å². The molecule has 1 fully saturated rings. The molecule has 4 aliphatic carbocycles. The minimum atomic E-state index is -0.123. The highest BCUT2D eigenvalue weighted by Gasteiger charge is 2.49. The van der Waals surface area contributed by atoms with E-state index in [1.165, 1.54) is 122 Å². The van der Waals surface area contributed by atoms with E-state index in [0.29, 0.717) is 5.92 Å². The molecule has 292 valence electrons. The number of anilines is 6. The third-order valence-corrected chi connectivity index (χ3v) is 14.7. The average Bonchev–Trinajstić information content (AvgIpc) is 3.93. The van der Waals surface area contributed by atoms with Crippen LogP contribution in [0, 0.1) is 6.92 Å². The lowest BCUT2D eigenvalue weighted by Crippen LogP contribution is -2.27. The lowest BCUT2D eigenvalue weighted by molar-refractivity contribution is 0.443. The van der Waals surface area contributed by atoms with Crippen molar-refractivity contribution >= 4 is 34.1 Å². The number of benzene rings is 7. The number of aryl methyl sites for hydroxylation is 3. The average molecular weight is 767 g/mol. The first kappa shape index (κ1) is 36.2. The Labute approximate surface area is 351 Å². The molecule has 7 aromatic carbocycles. The number of fused-ring (bicyclic) bond motifs is 7. The highest BCUT2D eigenvalue weighted by molar-refractivity contribution is 5.90. The van der Waals surface area contributed by atoms with Crippen molar-refractivity contribution in [2.45, 2.75) is 95.3 Å². The van der Waals surface area contributed by atoms with Crippen LogP contribution < -0.4 is 9.80 Å². The summed E-state index contributed by atoms with van der Waals surface area (Å²) in [4.78, 5) is 5.14. The SMILES string of the molecule is Cc1cccc2c1-c1cc(N(c3ccc(C4CCCCC4)cc3)c3cccc4c3[C@]3(CCc5cccc(N(c6ccccc6)c6ccccc6)c53)CC4)ccc1C2(C)C. The monoisotopic (exact) mass is 766 g/mol. The second-order valence-electron chi connectivity index (χ2n) is 18.3. The molecule has 4 aliphatic rings. The van der Waals surface area contributed by atoms with Gasteiger partial charge in [-0.1, -0.05) is 130 Å². The lowest BCUT2D eigenvalue weighted by atomic mass is 9.74. The van der Waals surface area contributed by atoms with Crippen molar-refractivity contribution in [3.8, 4) is 11.1 Å². The molecular formula is C57H54N2. The molecule has 0 heterocycles. The van der Waals surface area contributed by atoms with Gasteiger partial charge in [0.1, 0.15) is 0 Å². The van der Waals surface area contributed by atoms with E-state index in [9.17, 15) is 0 Å². The molecule has 0 amide bonds. The van der Waals surface area contributed by atoms with Crippen molar-refractivity contribution in [2.75, 3.05) is 9.80 Å². The molecule has 59 heavy (non-hydrogen) atoms. The predicted octanol–water partition coefficient (Wildman–Crippen LogP) is 15.5. The van der Waals surface area contributed by atoms with Gasteiger partial charge in [-0.05, 0) is 168 Å². The topological polar surface area (TPSA) is 6.48 Å². The van der Waals surface area contributed by atoms with Crippen molar-refractivity contribution in [2.24, 2.45) is 0 Å². The summed E-state index contributed by atoms with van der Waals surface area (Å²) in [6.07, 6.45) is 11.1. The molecule has 1 saturated carbocycles. The van der Waals surface area contributed by atoms with Gasteiger partial charge in [0.05, 0.1) is 11.4 Å². The molecule has 0 aliphatic heterocycles. The fourth-order valence-electron chi connectivity index (χ4n) is 12.0. The van der Waals surface area contributed by atoms with Crippen LogP contribution in [0.4, 0.5) is 34.1 Å². The molecule has 0 bridgehead atoms. The van der Waals surface area contributed by atoms with Gasteiger partial charge in [0.15, 0.2) is 0 Å². The fraction of sp³-hybridized carbons (Fsp3) is 0.263. The first-order valence-electron chi connectivity index (χ1n) is 22.2. The van der Waals surface area contributed by atoms with Gasteiger partial charge < -0.3 is 9.80 Å². The summed E-state index contributed by atoms with van der Waals surface area (Å²) in [5.41, 5.74) is 21.8. The second-order valence-corrected chi connectivity index (χ2v) is 18.3. The number of hydrogen-bond donors (Lipinski definition) is 0. The van der Waals surface area contributed by atoms with Crippen LogP contribution in [0.3, 0.4) is 0 Å². The standard InChI is InChI=1S/C57H54N2/c1-39-16-13-25-50-53(39)48-38-47(32-33-49(48)56(50,2)3)59(46-30-28-41(29-31-46)40-17-7-4-8-18-40)52-27-15-20-43-35-37-57(55(43)52)36-34-42-19-14-26-51(54(42)57)58(44-21-9-5-10-22-44)45-23-11-6-12-24-45/h5-6,9-16,19-33,38,40H,4,7-8,17-18,34-37H2,1-3H3/t57-/m1/s1. The number of rotatable bonds is 7. The number of hydrogen-bond acceptors (Lipinski definition) is 2. The molecule has 0 saturated heterocycles. The van der Waals surface area contributed by atoms with Crippen LogP contribution in [-0.4, -0.2) is 0 Å². The predicted molar refractivity (Wildman–Crippen MR) is 248 cm³/mol. The smallest absolute Gasteiger partial charge is 0.0505 e. The van der Waals surface area contributed by atoms with Gasteiger partial charge >= 0.3 is 0 Å². The summed E-state index contributed by atoms with van der Waals surface area (Å²) < 4.78 is 0. The Morgan fingerprint density at radius 1 is 0.492 bits per heavy atom. The molecule has 1 atom stereocenters. The molecule has 0 N–H and O–H groups in total. The first-order chi connectivity index (χ1) is 28.9. The molecule has 1 spiro atoms. The molecule has 0 aromatic heterocycles. The molecule has 0 unspecified atom stereocenters. The maximum atomic E-state index is 2.63. The minimum Gasteiger partial charge on any atom is -0.310 e. The lowest BCUT2D eigenvalue weighted by Gasteiger charge is -2.37. The van der Waals surface area contributed by atoms with Crippen LogP contribution in [0.2, 0.25) is 0 Å². The third kappa shape index (κ3) is 5.74. The van der Waals surface area contributed by atoms with E-state index >= 15 is 0 Å². The van der Waals surface area contributed by atoms with E-state index in [0.717, 1.165) is 25.7 Å². The summed E-state index contributed by atoms with van der Waals surface area (Å²) in [5.74, 6) is 0.669. The zero-order valence-electron chi connectivity index (χ0n) is 34.8. The largest absolute Gasteiger partial charge is 0.310 e. The van der Waals surface area contributed by atoms with Gasteiger partial charge in [-0.15, -0.1) is 0 Å². The molecule has 11 rings (SSSR count). The molecule has 2 heteroatoms. The Hall–Kier alpha value is -5.86. The minimum absolute atomic E-state index is 0.0485. The van der Waals surface area contributed by atoms with Gasteiger partial charge in [0, 0.05) is 33.6 Å². The molecular weight excluding hydrogens is 713 g/mol. The maximum absolute atomic E-state index is 2.63. The zero-order valence-corrected chi connectivity index (χ0v) is 34.8. The van der Waals surface area contributed by atoms with Crippen molar-refractivity contribution in [3.63, 3.8) is 0 Å². The fourth-order valence-corrected chi connectivity index (χ4v) is 12.0. The van der Waals surface area contributed by atoms with E-state index in [2.05, 4.69) is 188 Å². The Bertz CT molecular complexity index is 2640. The van der Waals surface area contributed by atoms with Crippen molar-refractivity contribution in [1.29, 1.82) is 0 Å². The van der Waals surface area contributed by atoms with Crippen molar-refractivity contribution in [3.05, 3.63) is 202 Å². The summed E-state index contributed by atoms with van der Waals surface area (Å²) in [6, 6.07) is 60.3. The van der Waals surface area contributed by atoms with E-state index in [-0.39, 0.29) is 10.8 Å². The Balaban J connectivity index is 1.12.